The molecule has 2 N–H and O–H groups in total. The molecule has 26 heavy (non-hydrogen) atoms. The number of aromatic hydroxyl groups is 1. The fourth-order valence-corrected chi connectivity index (χ4v) is 2.67. The van der Waals surface area contributed by atoms with Gasteiger partial charge in [0, 0.05) is 11.1 Å². The highest BCUT2D eigenvalue weighted by atomic mass is 79.9. The zero-order valence-corrected chi connectivity index (χ0v) is 16.7. The molecular weight excluding hydrogens is 447 g/mol. The first-order chi connectivity index (χ1) is 12.4. The molecule has 9 heteroatoms. The SMILES string of the molecule is CCOc1cc(/C=N/NC(=O)COc2cc(Cl)ccc2Cl)cc(Br)c1O. The van der Waals surface area contributed by atoms with Gasteiger partial charge in [0.1, 0.15) is 5.75 Å². The summed E-state index contributed by atoms with van der Waals surface area (Å²) in [5, 5.41) is 14.5. The summed E-state index contributed by atoms with van der Waals surface area (Å²) >= 11 is 15.0. The van der Waals surface area contributed by atoms with Gasteiger partial charge in [-0.3, -0.25) is 4.79 Å². The Balaban J connectivity index is 1.93. The van der Waals surface area contributed by atoms with Gasteiger partial charge in [0.05, 0.1) is 22.3 Å². The van der Waals surface area contributed by atoms with E-state index < -0.39 is 5.91 Å². The van der Waals surface area contributed by atoms with E-state index in [4.69, 9.17) is 32.7 Å². The summed E-state index contributed by atoms with van der Waals surface area (Å²) in [4.78, 5) is 11.8. The molecular formula is C17H15BrCl2N2O4. The van der Waals surface area contributed by atoms with E-state index in [9.17, 15) is 9.90 Å². The number of nitrogens with zero attached hydrogens (tertiary/aromatic N) is 1. The molecule has 0 aliphatic heterocycles. The lowest BCUT2D eigenvalue weighted by molar-refractivity contribution is -0.123. The van der Waals surface area contributed by atoms with Crippen LogP contribution in [0.3, 0.4) is 0 Å². The summed E-state index contributed by atoms with van der Waals surface area (Å²) in [6.45, 7) is 1.93. The van der Waals surface area contributed by atoms with E-state index in [1.54, 1.807) is 31.2 Å². The fraction of sp³-hybridized carbons (Fsp3) is 0.176. The highest BCUT2D eigenvalue weighted by Gasteiger charge is 2.09. The molecule has 0 aliphatic rings. The zero-order chi connectivity index (χ0) is 19.1. The van der Waals surface area contributed by atoms with Crippen molar-refractivity contribution < 1.29 is 19.4 Å². The first-order valence-electron chi connectivity index (χ1n) is 7.45. The molecule has 0 heterocycles. The third kappa shape index (κ3) is 5.79. The second kappa shape index (κ2) is 9.66. The monoisotopic (exact) mass is 460 g/mol. The minimum absolute atomic E-state index is 0.000152. The molecule has 0 radical (unpaired) electrons. The molecule has 0 unspecified atom stereocenters. The smallest absolute Gasteiger partial charge is 0.277 e. The lowest BCUT2D eigenvalue weighted by Crippen LogP contribution is -2.24. The van der Waals surface area contributed by atoms with E-state index in [1.165, 1.54) is 12.3 Å². The molecule has 2 aromatic rings. The first kappa shape index (κ1) is 20.4. The van der Waals surface area contributed by atoms with Crippen LogP contribution in [0.25, 0.3) is 0 Å². The Bertz CT molecular complexity index is 831. The van der Waals surface area contributed by atoms with E-state index in [1.807, 2.05) is 0 Å². The summed E-state index contributed by atoms with van der Waals surface area (Å²) in [5.41, 5.74) is 2.95. The molecule has 0 saturated heterocycles. The molecule has 6 nitrogen and oxygen atoms in total. The summed E-state index contributed by atoms with van der Waals surface area (Å²) in [7, 11) is 0. The molecule has 0 fully saturated rings. The Morgan fingerprint density at radius 2 is 2.04 bits per heavy atom. The normalized spacial score (nSPS) is 10.8. The number of hydrogen-bond donors (Lipinski definition) is 2. The summed E-state index contributed by atoms with van der Waals surface area (Å²) in [6.07, 6.45) is 1.41. The molecule has 0 bridgehead atoms. The van der Waals surface area contributed by atoms with Gasteiger partial charge in [-0.25, -0.2) is 5.43 Å². The number of nitrogens with one attached hydrogen (secondary N) is 1. The Kier molecular flexibility index (Phi) is 7.56. The van der Waals surface area contributed by atoms with E-state index in [0.29, 0.717) is 38.2 Å². The van der Waals surface area contributed by atoms with Crippen LogP contribution in [0.2, 0.25) is 10.0 Å². The zero-order valence-electron chi connectivity index (χ0n) is 13.6. The maximum Gasteiger partial charge on any atom is 0.277 e. The minimum atomic E-state index is -0.472. The highest BCUT2D eigenvalue weighted by Crippen LogP contribution is 2.35. The summed E-state index contributed by atoms with van der Waals surface area (Å²) in [5.74, 6) is 0.149. The van der Waals surface area contributed by atoms with Gasteiger partial charge in [-0.05, 0) is 52.7 Å². The van der Waals surface area contributed by atoms with E-state index in [0.717, 1.165) is 0 Å². The molecule has 0 aliphatic carbocycles. The Morgan fingerprint density at radius 3 is 2.77 bits per heavy atom. The van der Waals surface area contributed by atoms with Crippen molar-refractivity contribution in [2.45, 2.75) is 6.92 Å². The number of carbonyl (C=O) groups excluding carboxylic acids is 1. The third-order valence-corrected chi connectivity index (χ3v) is 4.16. The number of hydrogen-bond acceptors (Lipinski definition) is 5. The molecule has 0 saturated carbocycles. The molecule has 2 rings (SSSR count). The van der Waals surface area contributed by atoms with Crippen LogP contribution in [0, 0.1) is 0 Å². The number of phenols is 1. The van der Waals surface area contributed by atoms with Crippen LogP contribution in [-0.2, 0) is 4.79 Å². The minimum Gasteiger partial charge on any atom is -0.503 e. The van der Waals surface area contributed by atoms with Crippen LogP contribution >= 0.6 is 39.1 Å². The predicted molar refractivity (Wildman–Crippen MR) is 105 cm³/mol. The topological polar surface area (TPSA) is 80.2 Å². The third-order valence-electron chi connectivity index (χ3n) is 3.01. The van der Waals surface area contributed by atoms with Crippen molar-refractivity contribution in [2.75, 3.05) is 13.2 Å². The number of hydrazone groups is 1. The van der Waals surface area contributed by atoms with E-state index in [-0.39, 0.29) is 12.4 Å². The largest absolute Gasteiger partial charge is 0.503 e. The Morgan fingerprint density at radius 1 is 1.27 bits per heavy atom. The van der Waals surface area contributed by atoms with Crippen molar-refractivity contribution in [3.63, 3.8) is 0 Å². The molecule has 138 valence electrons. The van der Waals surface area contributed by atoms with Gasteiger partial charge >= 0.3 is 0 Å². The van der Waals surface area contributed by atoms with Gasteiger partial charge in [0.2, 0.25) is 0 Å². The molecule has 0 aromatic heterocycles. The van der Waals surface area contributed by atoms with Crippen LogP contribution in [0.1, 0.15) is 12.5 Å². The first-order valence-corrected chi connectivity index (χ1v) is 9.00. The van der Waals surface area contributed by atoms with E-state index >= 15 is 0 Å². The summed E-state index contributed by atoms with van der Waals surface area (Å²) < 4.78 is 11.1. The van der Waals surface area contributed by atoms with Gasteiger partial charge in [0.25, 0.3) is 5.91 Å². The van der Waals surface area contributed by atoms with Crippen LogP contribution in [0.5, 0.6) is 17.2 Å². The predicted octanol–water partition coefficient (Wildman–Crippen LogP) is 4.39. The van der Waals surface area contributed by atoms with Crippen molar-refractivity contribution in [3.8, 4) is 17.2 Å². The van der Waals surface area contributed by atoms with Crippen LogP contribution in [-0.4, -0.2) is 30.4 Å². The number of carbonyl (C=O) groups is 1. The average Bonchev–Trinajstić information content (AvgIpc) is 2.60. The number of rotatable bonds is 7. The maximum atomic E-state index is 11.8. The maximum absolute atomic E-state index is 11.8. The number of ether oxygens (including phenoxy) is 2. The van der Waals surface area contributed by atoms with Gasteiger partial charge in [0.15, 0.2) is 18.1 Å². The Labute approximate surface area is 168 Å². The number of benzene rings is 2. The van der Waals surface area contributed by atoms with Crippen LogP contribution in [0.4, 0.5) is 0 Å². The van der Waals surface area contributed by atoms with Crippen LogP contribution in [0.15, 0.2) is 39.9 Å². The quantitative estimate of drug-likeness (QED) is 0.473. The molecule has 0 atom stereocenters. The van der Waals surface area contributed by atoms with Gasteiger partial charge < -0.3 is 14.6 Å². The number of phenolic OH excluding ortho intramolecular Hbond substituents is 1. The second-order valence-corrected chi connectivity index (χ2v) is 6.64. The van der Waals surface area contributed by atoms with Gasteiger partial charge in [-0.15, -0.1) is 0 Å². The fourth-order valence-electron chi connectivity index (χ4n) is 1.88. The summed E-state index contributed by atoms with van der Waals surface area (Å²) in [6, 6.07) is 7.95. The van der Waals surface area contributed by atoms with Crippen molar-refractivity contribution in [1.82, 2.24) is 5.43 Å². The number of halogens is 3. The number of amides is 1. The highest BCUT2D eigenvalue weighted by molar-refractivity contribution is 9.10. The second-order valence-electron chi connectivity index (χ2n) is 4.94. The van der Waals surface area contributed by atoms with Crippen molar-refractivity contribution in [3.05, 3.63) is 50.4 Å². The lowest BCUT2D eigenvalue weighted by Gasteiger charge is -2.08. The van der Waals surface area contributed by atoms with Crippen molar-refractivity contribution in [2.24, 2.45) is 5.10 Å². The van der Waals surface area contributed by atoms with Gasteiger partial charge in [-0.1, -0.05) is 23.2 Å². The standard InChI is InChI=1S/C17H15BrCl2N2O4/c1-2-25-15-6-10(5-12(18)17(15)24)8-21-22-16(23)9-26-14-7-11(19)3-4-13(14)20/h3-8,24H,2,9H2,1H3,(H,22,23)/b21-8+. The average molecular weight is 462 g/mol. The van der Waals surface area contributed by atoms with Gasteiger partial charge in [-0.2, -0.15) is 5.10 Å². The van der Waals surface area contributed by atoms with Crippen molar-refractivity contribution in [1.29, 1.82) is 0 Å². The van der Waals surface area contributed by atoms with Crippen LogP contribution < -0.4 is 14.9 Å². The van der Waals surface area contributed by atoms with E-state index in [2.05, 4.69) is 26.5 Å². The molecule has 1 amide bonds. The Hall–Kier alpha value is -1.96. The lowest BCUT2D eigenvalue weighted by atomic mass is 10.2. The molecule has 0 spiro atoms. The van der Waals surface area contributed by atoms with Crippen molar-refractivity contribution >= 4 is 51.3 Å². The molecule has 2 aromatic carbocycles.